The first-order valence-corrected chi connectivity index (χ1v) is 7.27. The SMILES string of the molecule is C#CC(c1ccccc1)n1cc(CCCCCC)nn1. The van der Waals surface area contributed by atoms with Crippen LogP contribution in [0, 0.1) is 12.3 Å². The van der Waals surface area contributed by atoms with E-state index in [2.05, 4.69) is 23.2 Å². The van der Waals surface area contributed by atoms with E-state index in [0.29, 0.717) is 0 Å². The Balaban J connectivity index is 2.02. The van der Waals surface area contributed by atoms with Gasteiger partial charge >= 0.3 is 0 Å². The van der Waals surface area contributed by atoms with E-state index in [9.17, 15) is 0 Å². The third-order valence-corrected chi connectivity index (χ3v) is 3.38. The van der Waals surface area contributed by atoms with Gasteiger partial charge in [-0.15, -0.1) is 11.5 Å². The Bertz CT molecular complexity index is 551. The fourth-order valence-corrected chi connectivity index (χ4v) is 2.25. The second-order valence-electron chi connectivity index (χ2n) is 4.98. The van der Waals surface area contributed by atoms with Crippen LogP contribution in [0.15, 0.2) is 36.5 Å². The van der Waals surface area contributed by atoms with Gasteiger partial charge in [0, 0.05) is 0 Å². The van der Waals surface area contributed by atoms with E-state index in [1.807, 2.05) is 36.5 Å². The van der Waals surface area contributed by atoms with Gasteiger partial charge < -0.3 is 0 Å². The zero-order valence-electron chi connectivity index (χ0n) is 12.0. The van der Waals surface area contributed by atoms with E-state index in [1.54, 1.807) is 4.68 Å². The van der Waals surface area contributed by atoms with E-state index >= 15 is 0 Å². The standard InChI is InChI=1S/C17H21N3/c1-3-5-6-10-13-16-14-20(19-18-16)17(4-2)15-11-8-7-9-12-15/h2,7-9,11-12,14,17H,3,5-6,10,13H2,1H3. The maximum Gasteiger partial charge on any atom is 0.139 e. The van der Waals surface area contributed by atoms with Crippen molar-refractivity contribution in [2.45, 2.75) is 45.1 Å². The molecule has 1 atom stereocenters. The molecule has 3 nitrogen and oxygen atoms in total. The highest BCUT2D eigenvalue weighted by atomic mass is 15.4. The van der Waals surface area contributed by atoms with Gasteiger partial charge in [-0.1, -0.05) is 67.7 Å². The molecule has 1 unspecified atom stereocenters. The Kier molecular flexibility index (Phi) is 5.37. The summed E-state index contributed by atoms with van der Waals surface area (Å²) in [5.41, 5.74) is 2.09. The summed E-state index contributed by atoms with van der Waals surface area (Å²) >= 11 is 0. The number of aromatic nitrogens is 3. The van der Waals surface area contributed by atoms with Crippen LogP contribution in [0.5, 0.6) is 0 Å². The summed E-state index contributed by atoms with van der Waals surface area (Å²) in [6.07, 6.45) is 13.5. The number of nitrogens with zero attached hydrogens (tertiary/aromatic N) is 3. The van der Waals surface area contributed by atoms with E-state index in [0.717, 1.165) is 17.7 Å². The molecule has 2 aromatic rings. The molecule has 0 radical (unpaired) electrons. The Labute approximate surface area is 121 Å². The molecule has 1 aromatic carbocycles. The van der Waals surface area contributed by atoms with Crippen molar-refractivity contribution < 1.29 is 0 Å². The van der Waals surface area contributed by atoms with Crippen LogP contribution in [0.1, 0.15) is 49.9 Å². The van der Waals surface area contributed by atoms with Crippen LogP contribution in [0.3, 0.4) is 0 Å². The number of rotatable bonds is 7. The summed E-state index contributed by atoms with van der Waals surface area (Å²) in [6, 6.07) is 9.83. The first kappa shape index (κ1) is 14.3. The van der Waals surface area contributed by atoms with Crippen molar-refractivity contribution in [1.82, 2.24) is 15.0 Å². The minimum Gasteiger partial charge on any atom is -0.233 e. The van der Waals surface area contributed by atoms with Gasteiger partial charge in [0.15, 0.2) is 0 Å². The average molecular weight is 267 g/mol. The average Bonchev–Trinajstić information content (AvgIpc) is 2.94. The van der Waals surface area contributed by atoms with Gasteiger partial charge in [0.2, 0.25) is 0 Å². The summed E-state index contributed by atoms with van der Waals surface area (Å²) in [5, 5.41) is 8.41. The molecule has 0 saturated heterocycles. The fourth-order valence-electron chi connectivity index (χ4n) is 2.25. The van der Waals surface area contributed by atoms with Crippen molar-refractivity contribution in [3.63, 3.8) is 0 Å². The monoisotopic (exact) mass is 267 g/mol. The van der Waals surface area contributed by atoms with Crippen molar-refractivity contribution >= 4 is 0 Å². The van der Waals surface area contributed by atoms with Gasteiger partial charge in [0.1, 0.15) is 6.04 Å². The fraction of sp³-hybridized carbons (Fsp3) is 0.412. The lowest BCUT2D eigenvalue weighted by atomic mass is 10.1. The molecule has 0 spiro atoms. The first-order chi connectivity index (χ1) is 9.85. The van der Waals surface area contributed by atoms with Gasteiger partial charge in [-0.05, 0) is 18.4 Å². The predicted molar refractivity (Wildman–Crippen MR) is 81.3 cm³/mol. The van der Waals surface area contributed by atoms with E-state index in [4.69, 9.17) is 6.42 Å². The molecular formula is C17H21N3. The largest absolute Gasteiger partial charge is 0.233 e. The highest BCUT2D eigenvalue weighted by Gasteiger charge is 2.12. The molecule has 20 heavy (non-hydrogen) atoms. The van der Waals surface area contributed by atoms with Crippen molar-refractivity contribution in [3.8, 4) is 12.3 Å². The minimum absolute atomic E-state index is 0.173. The number of benzene rings is 1. The van der Waals surface area contributed by atoms with Crippen molar-refractivity contribution in [1.29, 1.82) is 0 Å². The molecule has 0 aliphatic carbocycles. The van der Waals surface area contributed by atoms with Gasteiger partial charge in [-0.25, -0.2) is 4.68 Å². The van der Waals surface area contributed by atoms with Crippen LogP contribution >= 0.6 is 0 Å². The van der Waals surface area contributed by atoms with E-state index < -0.39 is 0 Å². The lowest BCUT2D eigenvalue weighted by molar-refractivity contribution is 0.598. The lowest BCUT2D eigenvalue weighted by Gasteiger charge is -2.10. The lowest BCUT2D eigenvalue weighted by Crippen LogP contribution is -2.09. The number of aryl methyl sites for hydroxylation is 1. The Morgan fingerprint density at radius 1 is 1.20 bits per heavy atom. The summed E-state index contributed by atoms with van der Waals surface area (Å²) < 4.78 is 1.78. The highest BCUT2D eigenvalue weighted by Crippen LogP contribution is 2.16. The topological polar surface area (TPSA) is 30.7 Å². The number of hydrogen-bond donors (Lipinski definition) is 0. The second kappa shape index (κ2) is 7.49. The zero-order chi connectivity index (χ0) is 14.2. The maximum absolute atomic E-state index is 5.65. The van der Waals surface area contributed by atoms with Gasteiger partial charge in [0.25, 0.3) is 0 Å². The van der Waals surface area contributed by atoms with Crippen molar-refractivity contribution in [2.24, 2.45) is 0 Å². The Hall–Kier alpha value is -2.08. The third-order valence-electron chi connectivity index (χ3n) is 3.38. The quantitative estimate of drug-likeness (QED) is 0.566. The molecule has 0 N–H and O–H groups in total. The molecular weight excluding hydrogens is 246 g/mol. The summed E-state index contributed by atoms with van der Waals surface area (Å²) in [5.74, 6) is 2.78. The highest BCUT2D eigenvalue weighted by molar-refractivity contribution is 5.26. The van der Waals surface area contributed by atoms with Crippen LogP contribution in [0.2, 0.25) is 0 Å². The summed E-state index contributed by atoms with van der Waals surface area (Å²) in [6.45, 7) is 2.22. The van der Waals surface area contributed by atoms with Crippen molar-refractivity contribution in [2.75, 3.05) is 0 Å². The minimum atomic E-state index is -0.173. The van der Waals surface area contributed by atoms with Crippen LogP contribution in [-0.4, -0.2) is 15.0 Å². The van der Waals surface area contributed by atoms with Gasteiger partial charge in [0.05, 0.1) is 11.9 Å². The number of hydrogen-bond acceptors (Lipinski definition) is 2. The number of unbranched alkanes of at least 4 members (excludes halogenated alkanes) is 3. The molecule has 0 aliphatic heterocycles. The summed E-state index contributed by atoms with van der Waals surface area (Å²) in [7, 11) is 0. The maximum atomic E-state index is 5.65. The molecule has 0 aliphatic rings. The molecule has 2 rings (SSSR count). The second-order valence-corrected chi connectivity index (χ2v) is 4.98. The van der Waals surface area contributed by atoms with Crippen LogP contribution in [-0.2, 0) is 6.42 Å². The Morgan fingerprint density at radius 2 is 2.00 bits per heavy atom. The smallest absolute Gasteiger partial charge is 0.139 e. The number of terminal acetylenes is 1. The molecule has 0 saturated carbocycles. The van der Waals surface area contributed by atoms with E-state index in [1.165, 1.54) is 25.7 Å². The van der Waals surface area contributed by atoms with Crippen LogP contribution in [0.25, 0.3) is 0 Å². The van der Waals surface area contributed by atoms with Gasteiger partial charge in [-0.2, -0.15) is 0 Å². The Morgan fingerprint density at radius 3 is 2.70 bits per heavy atom. The molecule has 104 valence electrons. The molecule has 0 fully saturated rings. The predicted octanol–water partition coefficient (Wildman–Crippen LogP) is 3.62. The zero-order valence-corrected chi connectivity index (χ0v) is 12.0. The molecule has 1 heterocycles. The van der Waals surface area contributed by atoms with E-state index in [-0.39, 0.29) is 6.04 Å². The van der Waals surface area contributed by atoms with Crippen molar-refractivity contribution in [3.05, 3.63) is 47.8 Å². The van der Waals surface area contributed by atoms with Crippen LogP contribution < -0.4 is 0 Å². The first-order valence-electron chi connectivity index (χ1n) is 7.27. The van der Waals surface area contributed by atoms with Gasteiger partial charge in [-0.3, -0.25) is 0 Å². The third kappa shape index (κ3) is 3.71. The molecule has 0 amide bonds. The normalized spacial score (nSPS) is 12.0. The molecule has 3 heteroatoms. The summed E-state index contributed by atoms with van der Waals surface area (Å²) in [4.78, 5) is 0. The van der Waals surface area contributed by atoms with Crippen LogP contribution in [0.4, 0.5) is 0 Å². The molecule has 1 aromatic heterocycles. The molecule has 0 bridgehead atoms.